The monoisotopic (exact) mass is 251 g/mol. The Bertz CT molecular complexity index is 734. The van der Waals surface area contributed by atoms with Crippen molar-refractivity contribution in [2.45, 2.75) is 13.3 Å². The molecular weight excluding hydrogens is 234 g/mol. The van der Waals surface area contributed by atoms with Crippen LogP contribution in [0.5, 0.6) is 0 Å². The Balaban J connectivity index is 2.27. The third-order valence-electron chi connectivity index (χ3n) is 3.28. The van der Waals surface area contributed by atoms with Crippen LogP contribution in [0.15, 0.2) is 42.5 Å². The Morgan fingerprint density at radius 2 is 1.95 bits per heavy atom. The van der Waals surface area contributed by atoms with E-state index in [4.69, 9.17) is 10.7 Å². The third-order valence-corrected chi connectivity index (χ3v) is 3.28. The summed E-state index contributed by atoms with van der Waals surface area (Å²) in [7, 11) is 0. The summed E-state index contributed by atoms with van der Waals surface area (Å²) in [6.45, 7) is 3.05. The molecule has 0 spiro atoms. The highest BCUT2D eigenvalue weighted by Gasteiger charge is 2.07. The number of hydrogen-bond acceptors (Lipinski definition) is 3. The summed E-state index contributed by atoms with van der Waals surface area (Å²) < 4.78 is 0. The third kappa shape index (κ3) is 2.08. The fourth-order valence-electron chi connectivity index (χ4n) is 2.31. The highest BCUT2D eigenvalue weighted by Crippen LogP contribution is 2.30. The maximum Gasteiger partial charge on any atom is 0.0732 e. The van der Waals surface area contributed by atoms with Gasteiger partial charge in [-0.05, 0) is 30.7 Å². The number of para-hydroxylation sites is 1. The topological polar surface area (TPSA) is 50.9 Å². The molecule has 0 amide bonds. The smallest absolute Gasteiger partial charge is 0.0732 e. The number of rotatable bonds is 3. The summed E-state index contributed by atoms with van der Waals surface area (Å²) in [6, 6.07) is 14.2. The number of nitrogens with two attached hydrogens (primary N) is 1. The number of benzene rings is 2. The minimum atomic E-state index is 0.776. The Hall–Kier alpha value is -2.29. The molecule has 0 saturated carbocycles. The van der Waals surface area contributed by atoms with E-state index < -0.39 is 0 Å². The van der Waals surface area contributed by atoms with Crippen molar-refractivity contribution >= 4 is 33.2 Å². The van der Waals surface area contributed by atoms with Crippen molar-refractivity contribution in [1.29, 1.82) is 0 Å². The molecule has 1 aromatic heterocycles. The van der Waals surface area contributed by atoms with Gasteiger partial charge >= 0.3 is 0 Å². The highest BCUT2D eigenvalue weighted by molar-refractivity contribution is 6.03. The molecule has 0 aliphatic heterocycles. The zero-order valence-corrected chi connectivity index (χ0v) is 11.0. The normalized spacial score (nSPS) is 11.0. The van der Waals surface area contributed by atoms with E-state index in [0.29, 0.717) is 0 Å². The van der Waals surface area contributed by atoms with Gasteiger partial charge in [-0.1, -0.05) is 25.1 Å². The van der Waals surface area contributed by atoms with Crippen LogP contribution >= 0.6 is 0 Å². The molecule has 0 aliphatic rings. The Labute approximate surface area is 112 Å². The lowest BCUT2D eigenvalue weighted by atomic mass is 10.1. The maximum atomic E-state index is 6.08. The van der Waals surface area contributed by atoms with E-state index >= 15 is 0 Å². The first kappa shape index (κ1) is 11.8. The molecule has 0 aliphatic carbocycles. The molecule has 0 saturated heterocycles. The number of pyridine rings is 1. The molecule has 3 heteroatoms. The molecule has 3 nitrogen and oxygen atoms in total. The van der Waals surface area contributed by atoms with Crippen molar-refractivity contribution < 1.29 is 0 Å². The molecule has 0 fully saturated rings. The Kier molecular flexibility index (Phi) is 2.95. The molecule has 0 atom stereocenters. The summed E-state index contributed by atoms with van der Waals surface area (Å²) in [5, 5.41) is 5.63. The highest BCUT2D eigenvalue weighted by atomic mass is 14.9. The van der Waals surface area contributed by atoms with Crippen LogP contribution in [0.25, 0.3) is 21.8 Å². The van der Waals surface area contributed by atoms with E-state index in [1.54, 1.807) is 0 Å². The molecule has 3 N–H and O–H groups in total. The molecule has 19 heavy (non-hydrogen) atoms. The van der Waals surface area contributed by atoms with E-state index in [9.17, 15) is 0 Å². The van der Waals surface area contributed by atoms with Gasteiger partial charge in [0, 0.05) is 17.3 Å². The minimum absolute atomic E-state index is 0.776. The predicted octanol–water partition coefficient (Wildman–Crippen LogP) is 3.79. The first-order valence-electron chi connectivity index (χ1n) is 6.61. The summed E-state index contributed by atoms with van der Waals surface area (Å²) >= 11 is 0. The average Bonchev–Trinajstić information content (AvgIpc) is 2.44. The Morgan fingerprint density at radius 1 is 1.11 bits per heavy atom. The number of fused-ring (bicyclic) bond motifs is 2. The van der Waals surface area contributed by atoms with Crippen LogP contribution in [0.4, 0.5) is 11.4 Å². The van der Waals surface area contributed by atoms with Crippen LogP contribution in [-0.2, 0) is 0 Å². The minimum Gasteiger partial charge on any atom is -0.397 e. The van der Waals surface area contributed by atoms with Crippen LogP contribution in [0.1, 0.15) is 13.3 Å². The second-order valence-corrected chi connectivity index (χ2v) is 4.70. The van der Waals surface area contributed by atoms with E-state index in [2.05, 4.69) is 24.4 Å². The van der Waals surface area contributed by atoms with Crippen LogP contribution in [-0.4, -0.2) is 11.5 Å². The molecule has 1 heterocycles. The van der Waals surface area contributed by atoms with Gasteiger partial charge in [0.25, 0.3) is 0 Å². The summed E-state index contributed by atoms with van der Waals surface area (Å²) in [5.41, 5.74) is 9.85. The number of nitrogen functional groups attached to an aromatic ring is 1. The van der Waals surface area contributed by atoms with E-state index in [1.165, 1.54) is 0 Å². The van der Waals surface area contributed by atoms with Gasteiger partial charge in [-0.2, -0.15) is 0 Å². The lowest BCUT2D eigenvalue weighted by Crippen LogP contribution is -2.04. The van der Waals surface area contributed by atoms with Gasteiger partial charge in [0.2, 0.25) is 0 Å². The lowest BCUT2D eigenvalue weighted by Gasteiger charge is -2.12. The molecule has 3 rings (SSSR count). The van der Waals surface area contributed by atoms with Gasteiger partial charge in [-0.3, -0.25) is 0 Å². The van der Waals surface area contributed by atoms with Crippen molar-refractivity contribution in [3.63, 3.8) is 0 Å². The average molecular weight is 251 g/mol. The van der Waals surface area contributed by atoms with Gasteiger partial charge in [0.05, 0.1) is 22.4 Å². The molecule has 96 valence electrons. The fraction of sp³-hybridized carbons (Fsp3) is 0.188. The van der Waals surface area contributed by atoms with Gasteiger partial charge in [-0.15, -0.1) is 0 Å². The second-order valence-electron chi connectivity index (χ2n) is 4.70. The largest absolute Gasteiger partial charge is 0.397 e. The van der Waals surface area contributed by atoms with Gasteiger partial charge in [-0.25, -0.2) is 4.98 Å². The van der Waals surface area contributed by atoms with Crippen LogP contribution in [0, 0.1) is 0 Å². The number of aromatic nitrogens is 1. The van der Waals surface area contributed by atoms with Crippen molar-refractivity contribution in [1.82, 2.24) is 4.98 Å². The number of anilines is 2. The summed E-state index contributed by atoms with van der Waals surface area (Å²) in [5.74, 6) is 0. The van der Waals surface area contributed by atoms with Gasteiger partial charge in [0.15, 0.2) is 0 Å². The van der Waals surface area contributed by atoms with Crippen molar-refractivity contribution in [2.24, 2.45) is 0 Å². The van der Waals surface area contributed by atoms with Crippen LogP contribution < -0.4 is 11.1 Å². The van der Waals surface area contributed by atoms with E-state index in [1.807, 2.05) is 30.3 Å². The molecule has 0 radical (unpaired) electrons. The number of nitrogens with zero attached hydrogens (tertiary/aromatic N) is 1. The molecule has 3 aromatic rings. The number of nitrogens with one attached hydrogen (secondary N) is 1. The maximum absolute atomic E-state index is 6.08. The summed E-state index contributed by atoms with van der Waals surface area (Å²) in [6.07, 6.45) is 1.07. The number of hydrogen-bond donors (Lipinski definition) is 2. The van der Waals surface area contributed by atoms with Gasteiger partial charge < -0.3 is 11.1 Å². The lowest BCUT2D eigenvalue weighted by molar-refractivity contribution is 0.982. The standard InChI is InChI=1S/C16H17N3/c1-2-9-18-16-12-10-11-5-3-4-6-14(11)19-15(12)8-7-13(16)17/h3-8,10,18H,2,9,17H2,1H3. The Morgan fingerprint density at radius 3 is 2.79 bits per heavy atom. The van der Waals surface area contributed by atoms with Crippen molar-refractivity contribution in [3.8, 4) is 0 Å². The zero-order valence-electron chi connectivity index (χ0n) is 11.0. The first-order valence-corrected chi connectivity index (χ1v) is 6.61. The molecule has 2 aromatic carbocycles. The molecular formula is C16H17N3. The van der Waals surface area contributed by atoms with Crippen molar-refractivity contribution in [2.75, 3.05) is 17.6 Å². The molecule has 0 bridgehead atoms. The second kappa shape index (κ2) is 4.76. The fourth-order valence-corrected chi connectivity index (χ4v) is 2.31. The van der Waals surface area contributed by atoms with E-state index in [0.717, 1.165) is 46.1 Å². The van der Waals surface area contributed by atoms with Crippen LogP contribution in [0.2, 0.25) is 0 Å². The van der Waals surface area contributed by atoms with Gasteiger partial charge in [0.1, 0.15) is 0 Å². The first-order chi connectivity index (χ1) is 9.29. The zero-order chi connectivity index (χ0) is 13.2. The summed E-state index contributed by atoms with van der Waals surface area (Å²) in [4.78, 5) is 4.69. The SMILES string of the molecule is CCCNc1c(N)ccc2nc3ccccc3cc12. The van der Waals surface area contributed by atoms with E-state index in [-0.39, 0.29) is 0 Å². The van der Waals surface area contributed by atoms with Crippen molar-refractivity contribution in [3.05, 3.63) is 42.5 Å². The quantitative estimate of drug-likeness (QED) is 0.550. The van der Waals surface area contributed by atoms with Crippen LogP contribution in [0.3, 0.4) is 0 Å². The predicted molar refractivity (Wildman–Crippen MR) is 82.4 cm³/mol. The molecule has 0 unspecified atom stereocenters.